The van der Waals surface area contributed by atoms with E-state index in [1.54, 1.807) is 19.4 Å². The minimum Gasteiger partial charge on any atom is -0.496 e. The van der Waals surface area contributed by atoms with Gasteiger partial charge in [0.1, 0.15) is 11.6 Å². The van der Waals surface area contributed by atoms with Gasteiger partial charge in [-0.15, -0.1) is 0 Å². The van der Waals surface area contributed by atoms with E-state index in [1.165, 1.54) is 6.07 Å². The molecule has 1 atom stereocenters. The summed E-state index contributed by atoms with van der Waals surface area (Å²) in [5.74, 6) is 6.02. The highest BCUT2D eigenvalue weighted by Gasteiger charge is 2.20. The molecule has 3 N–H and O–H groups in total. The summed E-state index contributed by atoms with van der Waals surface area (Å²) < 4.78 is 19.2. The van der Waals surface area contributed by atoms with Crippen molar-refractivity contribution in [2.45, 2.75) is 19.9 Å². The Hall–Kier alpha value is -1.98. The van der Waals surface area contributed by atoms with Crippen molar-refractivity contribution in [3.63, 3.8) is 0 Å². The topological polar surface area (TPSA) is 60.2 Å². The highest BCUT2D eigenvalue weighted by molar-refractivity contribution is 5.45. The van der Waals surface area contributed by atoms with Crippen LogP contribution in [-0.4, -0.2) is 12.1 Å². The molecule has 0 aliphatic rings. The maximum absolute atomic E-state index is 13.9. The summed E-state index contributed by atoms with van der Waals surface area (Å²) in [6.45, 7) is 3.87. The Morgan fingerprint density at radius 3 is 2.65 bits per heavy atom. The highest BCUT2D eigenvalue weighted by atomic mass is 19.1. The number of nitrogens with two attached hydrogens (primary N) is 1. The number of hydrogen-bond acceptors (Lipinski definition) is 4. The second-order valence-corrected chi connectivity index (χ2v) is 4.65. The highest BCUT2D eigenvalue weighted by Crippen LogP contribution is 2.29. The van der Waals surface area contributed by atoms with E-state index in [0.29, 0.717) is 0 Å². The van der Waals surface area contributed by atoms with E-state index in [1.807, 2.05) is 26.0 Å². The Bertz CT molecular complexity index is 616. The van der Waals surface area contributed by atoms with Crippen LogP contribution in [0.5, 0.6) is 5.75 Å². The fourth-order valence-electron chi connectivity index (χ4n) is 2.27. The standard InChI is InChI=1S/C15H18FN3O/c1-9-8-13(20-3)10(2)7-11(9)14(19-17)15-12(16)5-4-6-18-15/h4-8,14,19H,17H2,1-3H3. The van der Waals surface area contributed by atoms with Gasteiger partial charge in [0.25, 0.3) is 0 Å². The molecule has 0 saturated heterocycles. The first kappa shape index (κ1) is 14.4. The number of hydrazine groups is 1. The van der Waals surface area contributed by atoms with Gasteiger partial charge in [0.2, 0.25) is 0 Å². The van der Waals surface area contributed by atoms with E-state index in [9.17, 15) is 4.39 Å². The fourth-order valence-corrected chi connectivity index (χ4v) is 2.27. The molecule has 106 valence electrons. The zero-order valence-electron chi connectivity index (χ0n) is 11.8. The van der Waals surface area contributed by atoms with Crippen molar-refractivity contribution in [1.29, 1.82) is 0 Å². The van der Waals surface area contributed by atoms with Crippen molar-refractivity contribution >= 4 is 0 Å². The summed E-state index contributed by atoms with van der Waals surface area (Å²) in [6, 6.07) is 6.28. The maximum atomic E-state index is 13.9. The first-order valence-electron chi connectivity index (χ1n) is 6.30. The molecule has 1 heterocycles. The normalized spacial score (nSPS) is 12.2. The Balaban J connectivity index is 2.53. The largest absolute Gasteiger partial charge is 0.496 e. The average Bonchev–Trinajstić information content (AvgIpc) is 2.45. The van der Waals surface area contributed by atoms with Crippen LogP contribution in [-0.2, 0) is 0 Å². The van der Waals surface area contributed by atoms with Crippen molar-refractivity contribution in [1.82, 2.24) is 10.4 Å². The molecule has 20 heavy (non-hydrogen) atoms. The number of aryl methyl sites for hydroxylation is 2. The lowest BCUT2D eigenvalue weighted by Crippen LogP contribution is -2.31. The summed E-state index contributed by atoms with van der Waals surface area (Å²) in [6.07, 6.45) is 1.55. The molecule has 0 fully saturated rings. The molecule has 0 spiro atoms. The molecule has 0 amide bonds. The van der Waals surface area contributed by atoms with Crippen LogP contribution in [0.1, 0.15) is 28.4 Å². The SMILES string of the molecule is COc1cc(C)c(C(NN)c2ncccc2F)cc1C. The molecule has 2 aromatic rings. The third-order valence-electron chi connectivity index (χ3n) is 3.32. The quantitative estimate of drug-likeness (QED) is 0.664. The second kappa shape index (κ2) is 5.98. The Morgan fingerprint density at radius 2 is 2.05 bits per heavy atom. The molecule has 5 heteroatoms. The van der Waals surface area contributed by atoms with Crippen LogP contribution in [0.2, 0.25) is 0 Å². The Kier molecular flexibility index (Phi) is 4.32. The van der Waals surface area contributed by atoms with Crippen molar-refractivity contribution in [2.75, 3.05) is 7.11 Å². The number of hydrogen-bond donors (Lipinski definition) is 2. The number of nitrogens with zero attached hydrogens (tertiary/aromatic N) is 1. The van der Waals surface area contributed by atoms with Gasteiger partial charge in [-0.3, -0.25) is 10.8 Å². The molecule has 2 rings (SSSR count). The van der Waals surface area contributed by atoms with Gasteiger partial charge in [-0.05, 0) is 48.7 Å². The van der Waals surface area contributed by atoms with Crippen LogP contribution in [0.3, 0.4) is 0 Å². The van der Waals surface area contributed by atoms with E-state index in [2.05, 4.69) is 10.4 Å². The molecule has 0 radical (unpaired) electrons. The molecule has 0 bridgehead atoms. The van der Waals surface area contributed by atoms with Gasteiger partial charge in [0.15, 0.2) is 0 Å². The van der Waals surface area contributed by atoms with Gasteiger partial charge in [-0.25, -0.2) is 9.82 Å². The fraction of sp³-hybridized carbons (Fsp3) is 0.267. The van der Waals surface area contributed by atoms with Crippen molar-refractivity contribution < 1.29 is 9.13 Å². The predicted octanol–water partition coefficient (Wildman–Crippen LogP) is 2.40. The van der Waals surface area contributed by atoms with E-state index >= 15 is 0 Å². The minimum atomic E-state index is -0.499. The molecular formula is C15H18FN3O. The van der Waals surface area contributed by atoms with Crippen LogP contribution in [0, 0.1) is 19.7 Å². The number of nitrogens with one attached hydrogen (secondary N) is 1. The number of benzene rings is 1. The van der Waals surface area contributed by atoms with Gasteiger partial charge >= 0.3 is 0 Å². The minimum absolute atomic E-state index is 0.280. The summed E-state index contributed by atoms with van der Waals surface area (Å²) in [5.41, 5.74) is 5.72. The molecule has 1 unspecified atom stereocenters. The van der Waals surface area contributed by atoms with Crippen LogP contribution in [0.15, 0.2) is 30.5 Å². The van der Waals surface area contributed by atoms with Crippen LogP contribution < -0.4 is 16.0 Å². The number of rotatable bonds is 4. The van der Waals surface area contributed by atoms with Crippen LogP contribution in [0.4, 0.5) is 4.39 Å². The van der Waals surface area contributed by atoms with Crippen LogP contribution in [0.25, 0.3) is 0 Å². The third-order valence-corrected chi connectivity index (χ3v) is 3.32. The zero-order chi connectivity index (χ0) is 14.7. The first-order valence-corrected chi connectivity index (χ1v) is 6.30. The summed E-state index contributed by atoms with van der Waals surface area (Å²) in [4.78, 5) is 4.09. The zero-order valence-corrected chi connectivity index (χ0v) is 11.8. The smallest absolute Gasteiger partial charge is 0.146 e. The summed E-state index contributed by atoms with van der Waals surface area (Å²) in [5, 5.41) is 0. The molecule has 0 saturated carbocycles. The van der Waals surface area contributed by atoms with Crippen molar-refractivity contribution in [2.24, 2.45) is 5.84 Å². The molecule has 1 aromatic carbocycles. The van der Waals surface area contributed by atoms with Gasteiger partial charge < -0.3 is 4.74 Å². The lowest BCUT2D eigenvalue weighted by Gasteiger charge is -2.20. The summed E-state index contributed by atoms with van der Waals surface area (Å²) >= 11 is 0. The third kappa shape index (κ3) is 2.64. The second-order valence-electron chi connectivity index (χ2n) is 4.65. The number of pyridine rings is 1. The lowest BCUT2D eigenvalue weighted by atomic mass is 9.96. The average molecular weight is 275 g/mol. The van der Waals surface area contributed by atoms with Gasteiger partial charge in [0.05, 0.1) is 18.8 Å². The van der Waals surface area contributed by atoms with Gasteiger partial charge in [-0.2, -0.15) is 0 Å². The van der Waals surface area contributed by atoms with E-state index in [-0.39, 0.29) is 11.5 Å². The first-order chi connectivity index (χ1) is 9.58. The molecular weight excluding hydrogens is 257 g/mol. The van der Waals surface area contributed by atoms with Crippen molar-refractivity contribution in [3.05, 3.63) is 58.7 Å². The number of methoxy groups -OCH3 is 1. The monoisotopic (exact) mass is 275 g/mol. The van der Waals surface area contributed by atoms with Gasteiger partial charge in [0, 0.05) is 6.20 Å². The van der Waals surface area contributed by atoms with Crippen molar-refractivity contribution in [3.8, 4) is 5.75 Å². The van der Waals surface area contributed by atoms with E-state index < -0.39 is 6.04 Å². The molecule has 1 aromatic heterocycles. The Labute approximate surface area is 117 Å². The number of aromatic nitrogens is 1. The number of ether oxygens (including phenoxy) is 1. The van der Waals surface area contributed by atoms with Gasteiger partial charge in [-0.1, -0.05) is 6.07 Å². The number of halogens is 1. The predicted molar refractivity (Wildman–Crippen MR) is 75.8 cm³/mol. The van der Waals surface area contributed by atoms with E-state index in [4.69, 9.17) is 10.6 Å². The van der Waals surface area contributed by atoms with Crippen LogP contribution >= 0.6 is 0 Å². The molecule has 0 aliphatic carbocycles. The van der Waals surface area contributed by atoms with E-state index in [0.717, 1.165) is 22.4 Å². The lowest BCUT2D eigenvalue weighted by molar-refractivity contribution is 0.411. The molecule has 4 nitrogen and oxygen atoms in total. The summed E-state index contributed by atoms with van der Waals surface area (Å²) in [7, 11) is 1.62. The Morgan fingerprint density at radius 1 is 1.30 bits per heavy atom. The molecule has 0 aliphatic heterocycles. The maximum Gasteiger partial charge on any atom is 0.146 e.